The van der Waals surface area contributed by atoms with Crippen LogP contribution >= 0.6 is 0 Å². The van der Waals surface area contributed by atoms with Gasteiger partial charge >= 0.3 is 5.69 Å². The highest BCUT2D eigenvalue weighted by Crippen LogP contribution is 2.39. The third-order valence-corrected chi connectivity index (χ3v) is 3.09. The topological polar surface area (TPSA) is 64.4 Å². The summed E-state index contributed by atoms with van der Waals surface area (Å²) in [7, 11) is 0. The number of nitro benzene ring substituents is 1. The summed E-state index contributed by atoms with van der Waals surface area (Å²) in [4.78, 5) is 10.8. The van der Waals surface area contributed by atoms with Gasteiger partial charge in [-0.15, -0.1) is 0 Å². The summed E-state index contributed by atoms with van der Waals surface area (Å²) in [6, 6.07) is 5.52. The Morgan fingerprint density at radius 2 is 2.28 bits per heavy atom. The summed E-state index contributed by atoms with van der Waals surface area (Å²) in [6.45, 7) is 4.59. The van der Waals surface area contributed by atoms with Crippen molar-refractivity contribution in [1.82, 2.24) is 0 Å². The van der Waals surface area contributed by atoms with E-state index in [0.717, 1.165) is 12.8 Å². The van der Waals surface area contributed by atoms with Gasteiger partial charge in [0.2, 0.25) is 0 Å². The van der Waals surface area contributed by atoms with E-state index < -0.39 is 0 Å². The number of rotatable bonds is 6. The lowest BCUT2D eigenvalue weighted by molar-refractivity contribution is -0.385. The summed E-state index contributed by atoms with van der Waals surface area (Å²) in [5.74, 6) is 0.935. The van der Waals surface area contributed by atoms with Gasteiger partial charge < -0.3 is 10.1 Å². The molecule has 0 radical (unpaired) electrons. The van der Waals surface area contributed by atoms with E-state index in [9.17, 15) is 10.1 Å². The van der Waals surface area contributed by atoms with Gasteiger partial charge in [0.05, 0.1) is 11.5 Å². The van der Waals surface area contributed by atoms with Crippen LogP contribution in [0.3, 0.4) is 0 Å². The highest BCUT2D eigenvalue weighted by Gasteiger charge is 2.34. The molecule has 98 valence electrons. The Morgan fingerprint density at radius 3 is 2.83 bits per heavy atom. The molecular weight excluding hydrogens is 232 g/mol. The van der Waals surface area contributed by atoms with Gasteiger partial charge in [-0.3, -0.25) is 10.1 Å². The number of para-hydroxylation sites is 1. The molecule has 1 saturated carbocycles. The molecule has 0 aliphatic heterocycles. The molecule has 2 unspecified atom stereocenters. The third kappa shape index (κ3) is 2.72. The fourth-order valence-electron chi connectivity index (χ4n) is 1.88. The van der Waals surface area contributed by atoms with Crippen LogP contribution < -0.4 is 10.1 Å². The van der Waals surface area contributed by atoms with Gasteiger partial charge in [0.1, 0.15) is 5.69 Å². The first-order chi connectivity index (χ1) is 8.63. The zero-order chi connectivity index (χ0) is 13.1. The Balaban J connectivity index is 2.23. The average molecular weight is 250 g/mol. The van der Waals surface area contributed by atoms with E-state index in [0.29, 0.717) is 30.0 Å². The van der Waals surface area contributed by atoms with Crippen LogP contribution in [0.25, 0.3) is 0 Å². The standard InChI is InChI=1S/C13H18N2O3/c1-3-7-18-12-6-4-5-10(13(12)15(16)17)14-11-8-9(11)2/h4-6,9,11,14H,3,7-8H2,1-2H3. The van der Waals surface area contributed by atoms with E-state index in [2.05, 4.69) is 12.2 Å². The number of benzene rings is 1. The highest BCUT2D eigenvalue weighted by molar-refractivity contribution is 5.69. The molecule has 5 heteroatoms. The Morgan fingerprint density at radius 1 is 1.56 bits per heavy atom. The van der Waals surface area contributed by atoms with E-state index in [4.69, 9.17) is 4.74 Å². The predicted octanol–water partition coefficient (Wildman–Crippen LogP) is 3.20. The fraction of sp³-hybridized carbons (Fsp3) is 0.538. The Bertz CT molecular complexity index is 448. The number of anilines is 1. The molecule has 18 heavy (non-hydrogen) atoms. The molecule has 0 spiro atoms. The maximum atomic E-state index is 11.2. The van der Waals surface area contributed by atoms with E-state index in [1.54, 1.807) is 18.2 Å². The lowest BCUT2D eigenvalue weighted by atomic mass is 10.2. The number of nitro groups is 1. The largest absolute Gasteiger partial charge is 0.487 e. The minimum atomic E-state index is -0.375. The van der Waals surface area contributed by atoms with Crippen molar-refractivity contribution >= 4 is 11.4 Å². The second-order valence-electron chi connectivity index (χ2n) is 4.72. The molecule has 1 aromatic carbocycles. The molecule has 2 atom stereocenters. The van der Waals surface area contributed by atoms with Gasteiger partial charge in [-0.2, -0.15) is 0 Å². The summed E-state index contributed by atoms with van der Waals surface area (Å²) in [5.41, 5.74) is 0.605. The zero-order valence-electron chi connectivity index (χ0n) is 10.7. The fourth-order valence-corrected chi connectivity index (χ4v) is 1.88. The SMILES string of the molecule is CCCOc1cccc(NC2CC2C)c1[N+](=O)[O-]. The maximum Gasteiger partial charge on any atom is 0.333 e. The van der Waals surface area contributed by atoms with Gasteiger partial charge in [-0.1, -0.05) is 19.9 Å². The normalized spacial score (nSPS) is 21.4. The molecular formula is C13H18N2O3. The molecule has 1 aliphatic rings. The lowest BCUT2D eigenvalue weighted by Gasteiger charge is -2.10. The molecule has 1 aromatic rings. The van der Waals surface area contributed by atoms with Crippen molar-refractivity contribution in [3.05, 3.63) is 28.3 Å². The lowest BCUT2D eigenvalue weighted by Crippen LogP contribution is -2.07. The van der Waals surface area contributed by atoms with Gasteiger partial charge in [0.15, 0.2) is 5.75 Å². The molecule has 5 nitrogen and oxygen atoms in total. The quantitative estimate of drug-likeness (QED) is 0.622. The van der Waals surface area contributed by atoms with Gasteiger partial charge in [0, 0.05) is 6.04 Å². The van der Waals surface area contributed by atoms with Crippen molar-refractivity contribution in [3.8, 4) is 5.75 Å². The number of hydrogen-bond acceptors (Lipinski definition) is 4. The third-order valence-electron chi connectivity index (χ3n) is 3.09. The summed E-state index contributed by atoms with van der Waals surface area (Å²) >= 11 is 0. The molecule has 1 fully saturated rings. The van der Waals surface area contributed by atoms with Gasteiger partial charge in [-0.25, -0.2) is 0 Å². The van der Waals surface area contributed by atoms with Crippen LogP contribution in [0.15, 0.2) is 18.2 Å². The van der Waals surface area contributed by atoms with Crippen molar-refractivity contribution in [2.24, 2.45) is 5.92 Å². The van der Waals surface area contributed by atoms with Crippen LogP contribution in [0.4, 0.5) is 11.4 Å². The molecule has 1 aliphatic carbocycles. The molecule has 0 saturated heterocycles. The Labute approximate surface area is 106 Å². The van der Waals surface area contributed by atoms with E-state index in [1.807, 2.05) is 6.92 Å². The van der Waals surface area contributed by atoms with Crippen LogP contribution in [0, 0.1) is 16.0 Å². The first kappa shape index (κ1) is 12.7. The van der Waals surface area contributed by atoms with Crippen molar-refractivity contribution in [3.63, 3.8) is 0 Å². The first-order valence-electron chi connectivity index (χ1n) is 6.30. The number of hydrogen-bond donors (Lipinski definition) is 1. The number of ether oxygens (including phenoxy) is 1. The van der Waals surface area contributed by atoms with Crippen LogP contribution in [-0.2, 0) is 0 Å². The van der Waals surface area contributed by atoms with Crippen LogP contribution in [-0.4, -0.2) is 17.6 Å². The summed E-state index contributed by atoms with van der Waals surface area (Å²) < 4.78 is 5.44. The monoisotopic (exact) mass is 250 g/mol. The van der Waals surface area contributed by atoms with Crippen LogP contribution in [0.1, 0.15) is 26.7 Å². The molecule has 0 amide bonds. The highest BCUT2D eigenvalue weighted by atomic mass is 16.6. The summed E-state index contributed by atoms with van der Waals surface area (Å²) in [6.07, 6.45) is 1.89. The van der Waals surface area contributed by atoms with E-state index >= 15 is 0 Å². The average Bonchev–Trinajstić information content (AvgIpc) is 3.02. The second-order valence-corrected chi connectivity index (χ2v) is 4.72. The minimum absolute atomic E-state index is 0.0463. The van der Waals surface area contributed by atoms with E-state index in [1.165, 1.54) is 0 Å². The summed E-state index contributed by atoms with van der Waals surface area (Å²) in [5, 5.41) is 14.4. The van der Waals surface area contributed by atoms with E-state index in [-0.39, 0.29) is 10.6 Å². The molecule has 0 heterocycles. The molecule has 1 N–H and O–H groups in total. The minimum Gasteiger partial charge on any atom is -0.487 e. The molecule has 0 bridgehead atoms. The zero-order valence-corrected chi connectivity index (χ0v) is 10.7. The van der Waals surface area contributed by atoms with Gasteiger partial charge in [-0.05, 0) is 30.9 Å². The Kier molecular flexibility index (Phi) is 3.69. The smallest absolute Gasteiger partial charge is 0.333 e. The van der Waals surface area contributed by atoms with Crippen molar-refractivity contribution in [2.75, 3.05) is 11.9 Å². The predicted molar refractivity (Wildman–Crippen MR) is 70.1 cm³/mol. The first-order valence-corrected chi connectivity index (χ1v) is 6.30. The van der Waals surface area contributed by atoms with Crippen LogP contribution in [0.2, 0.25) is 0 Å². The molecule has 2 rings (SSSR count). The molecule has 0 aromatic heterocycles. The Hall–Kier alpha value is -1.78. The number of nitrogens with zero attached hydrogens (tertiary/aromatic N) is 1. The van der Waals surface area contributed by atoms with Crippen molar-refractivity contribution < 1.29 is 9.66 Å². The van der Waals surface area contributed by atoms with Crippen molar-refractivity contribution in [2.45, 2.75) is 32.7 Å². The number of nitrogens with one attached hydrogen (secondary N) is 1. The van der Waals surface area contributed by atoms with Crippen molar-refractivity contribution in [1.29, 1.82) is 0 Å². The van der Waals surface area contributed by atoms with Gasteiger partial charge in [0.25, 0.3) is 0 Å². The maximum absolute atomic E-state index is 11.2. The second kappa shape index (κ2) is 5.25. The van der Waals surface area contributed by atoms with Crippen LogP contribution in [0.5, 0.6) is 5.75 Å².